The van der Waals surface area contributed by atoms with Crippen LogP contribution in [0.2, 0.25) is 0 Å². The molecule has 7 heteroatoms. The van der Waals surface area contributed by atoms with Gasteiger partial charge in [0, 0.05) is 39.3 Å². The summed E-state index contributed by atoms with van der Waals surface area (Å²) in [5.74, 6) is 0.210. The highest BCUT2D eigenvalue weighted by atomic mass is 16.2. The zero-order valence-corrected chi connectivity index (χ0v) is 13.2. The Labute approximate surface area is 119 Å². The van der Waals surface area contributed by atoms with Crippen molar-refractivity contribution in [2.75, 3.05) is 18.4 Å². The van der Waals surface area contributed by atoms with Crippen LogP contribution in [0.4, 0.5) is 5.82 Å². The average molecular weight is 283 g/mol. The minimum Gasteiger partial charge on any atom is -0.363 e. The summed E-state index contributed by atoms with van der Waals surface area (Å²) in [6, 6.07) is 0.875. The van der Waals surface area contributed by atoms with Crippen LogP contribution in [0.1, 0.15) is 27.7 Å². The van der Waals surface area contributed by atoms with Crippen molar-refractivity contribution >= 4 is 5.82 Å². The first kappa shape index (κ1) is 16.4. The summed E-state index contributed by atoms with van der Waals surface area (Å²) in [7, 11) is 2.98. The van der Waals surface area contributed by atoms with Gasteiger partial charge in [0.2, 0.25) is 5.82 Å². The maximum absolute atomic E-state index is 11.9. The second-order valence-electron chi connectivity index (χ2n) is 5.47. The molecule has 0 radical (unpaired) electrons. The lowest BCUT2D eigenvalue weighted by atomic mass is 10.2. The molecule has 1 rings (SSSR count). The maximum atomic E-state index is 11.9. The highest BCUT2D eigenvalue weighted by Gasteiger charge is 2.13. The molecule has 0 bridgehead atoms. The van der Waals surface area contributed by atoms with Crippen molar-refractivity contribution in [3.63, 3.8) is 0 Å². The van der Waals surface area contributed by atoms with Crippen LogP contribution in [0.15, 0.2) is 9.59 Å². The van der Waals surface area contributed by atoms with E-state index in [2.05, 4.69) is 43.0 Å². The largest absolute Gasteiger partial charge is 0.363 e. The molecule has 0 amide bonds. The van der Waals surface area contributed by atoms with E-state index in [0.717, 1.165) is 15.8 Å². The molecule has 1 aromatic heterocycles. The van der Waals surface area contributed by atoms with Gasteiger partial charge in [-0.15, -0.1) is 5.10 Å². The van der Waals surface area contributed by atoms with Crippen molar-refractivity contribution in [3.8, 4) is 0 Å². The molecule has 0 atom stereocenters. The summed E-state index contributed by atoms with van der Waals surface area (Å²) in [5, 5.41) is 6.98. The molecule has 0 aromatic carbocycles. The third kappa shape index (κ3) is 3.69. The van der Waals surface area contributed by atoms with Gasteiger partial charge in [0.15, 0.2) is 0 Å². The second-order valence-corrected chi connectivity index (χ2v) is 5.47. The van der Waals surface area contributed by atoms with Crippen LogP contribution in [0.25, 0.3) is 0 Å². The topological polar surface area (TPSA) is 72.2 Å². The van der Waals surface area contributed by atoms with Gasteiger partial charge in [-0.1, -0.05) is 0 Å². The second kappa shape index (κ2) is 6.69. The Morgan fingerprint density at radius 3 is 2.20 bits per heavy atom. The standard InChI is InChI=1S/C13H25N5O2/c1-9(2)18(10(3)4)8-7-14-11-12(19)16(5)13(20)17(6)15-11/h9-10H,7-8H2,1-6H3,(H,14,15). The van der Waals surface area contributed by atoms with E-state index >= 15 is 0 Å². The molecule has 114 valence electrons. The molecule has 0 fully saturated rings. The minimum absolute atomic E-state index is 0.210. The first-order chi connectivity index (χ1) is 9.25. The number of anilines is 1. The summed E-state index contributed by atoms with van der Waals surface area (Å²) in [6.45, 7) is 9.99. The SMILES string of the molecule is CC(C)N(CCNc1nn(C)c(=O)n(C)c1=O)C(C)C. The lowest BCUT2D eigenvalue weighted by Gasteiger charge is -2.30. The van der Waals surface area contributed by atoms with Crippen molar-refractivity contribution in [2.24, 2.45) is 14.1 Å². The monoisotopic (exact) mass is 283 g/mol. The van der Waals surface area contributed by atoms with Crippen molar-refractivity contribution in [3.05, 3.63) is 20.8 Å². The van der Waals surface area contributed by atoms with E-state index in [1.807, 2.05) is 0 Å². The first-order valence-electron chi connectivity index (χ1n) is 6.89. The fraction of sp³-hybridized carbons (Fsp3) is 0.769. The van der Waals surface area contributed by atoms with E-state index in [-0.39, 0.29) is 5.82 Å². The molecule has 1 heterocycles. The first-order valence-corrected chi connectivity index (χ1v) is 6.89. The van der Waals surface area contributed by atoms with Crippen LogP contribution in [-0.4, -0.2) is 44.4 Å². The van der Waals surface area contributed by atoms with Crippen molar-refractivity contribution in [2.45, 2.75) is 39.8 Å². The smallest absolute Gasteiger partial charge is 0.346 e. The molecule has 1 N–H and O–H groups in total. The molecule has 7 nitrogen and oxygen atoms in total. The highest BCUT2D eigenvalue weighted by molar-refractivity contribution is 5.29. The number of nitrogens with one attached hydrogen (secondary N) is 1. The Morgan fingerprint density at radius 1 is 1.15 bits per heavy atom. The van der Waals surface area contributed by atoms with Crippen molar-refractivity contribution in [1.29, 1.82) is 0 Å². The van der Waals surface area contributed by atoms with Crippen LogP contribution in [0, 0.1) is 0 Å². The summed E-state index contributed by atoms with van der Waals surface area (Å²) in [5.41, 5.74) is -0.819. The van der Waals surface area contributed by atoms with Crippen LogP contribution >= 0.6 is 0 Å². The Balaban J connectivity index is 2.77. The Bertz CT molecular complexity index is 551. The predicted octanol–water partition coefficient (Wildman–Crippen LogP) is 0.00970. The molecule has 0 saturated carbocycles. The van der Waals surface area contributed by atoms with Gasteiger partial charge < -0.3 is 5.32 Å². The highest BCUT2D eigenvalue weighted by Crippen LogP contribution is 2.04. The van der Waals surface area contributed by atoms with Gasteiger partial charge >= 0.3 is 5.69 Å². The fourth-order valence-corrected chi connectivity index (χ4v) is 2.23. The number of rotatable bonds is 6. The molecule has 0 aliphatic carbocycles. The van der Waals surface area contributed by atoms with E-state index in [1.165, 1.54) is 14.1 Å². The third-order valence-corrected chi connectivity index (χ3v) is 3.31. The van der Waals surface area contributed by atoms with Gasteiger partial charge in [0.05, 0.1) is 0 Å². The molecular weight excluding hydrogens is 258 g/mol. The zero-order valence-electron chi connectivity index (χ0n) is 13.2. The van der Waals surface area contributed by atoms with E-state index in [1.54, 1.807) is 0 Å². The third-order valence-electron chi connectivity index (χ3n) is 3.31. The zero-order chi connectivity index (χ0) is 15.4. The number of hydrogen-bond donors (Lipinski definition) is 1. The molecule has 0 spiro atoms. The van der Waals surface area contributed by atoms with Crippen LogP contribution in [0.3, 0.4) is 0 Å². The van der Waals surface area contributed by atoms with Gasteiger partial charge in [-0.3, -0.25) is 14.3 Å². The van der Waals surface area contributed by atoms with E-state index in [9.17, 15) is 9.59 Å². The van der Waals surface area contributed by atoms with Gasteiger partial charge in [-0.25, -0.2) is 9.48 Å². The van der Waals surface area contributed by atoms with Gasteiger partial charge in [0.1, 0.15) is 0 Å². The Morgan fingerprint density at radius 2 is 1.70 bits per heavy atom. The maximum Gasteiger partial charge on any atom is 0.346 e. The predicted molar refractivity (Wildman–Crippen MR) is 80.2 cm³/mol. The molecular formula is C13H25N5O2. The van der Waals surface area contributed by atoms with Crippen LogP contribution in [0.5, 0.6) is 0 Å². The summed E-state index contributed by atoms with van der Waals surface area (Å²) in [6.07, 6.45) is 0. The number of hydrogen-bond acceptors (Lipinski definition) is 5. The van der Waals surface area contributed by atoms with E-state index in [4.69, 9.17) is 0 Å². The lowest BCUT2D eigenvalue weighted by Crippen LogP contribution is -2.42. The summed E-state index contributed by atoms with van der Waals surface area (Å²) >= 11 is 0. The molecule has 0 unspecified atom stereocenters. The van der Waals surface area contributed by atoms with Crippen molar-refractivity contribution < 1.29 is 0 Å². The molecule has 0 aliphatic heterocycles. The van der Waals surface area contributed by atoms with Gasteiger partial charge in [0.25, 0.3) is 5.56 Å². The van der Waals surface area contributed by atoms with Gasteiger partial charge in [-0.2, -0.15) is 0 Å². The Hall–Kier alpha value is -1.63. The average Bonchev–Trinajstić information content (AvgIpc) is 2.36. The fourth-order valence-electron chi connectivity index (χ4n) is 2.23. The number of aryl methyl sites for hydroxylation is 1. The molecule has 0 aliphatic rings. The van der Waals surface area contributed by atoms with Gasteiger partial charge in [-0.05, 0) is 27.7 Å². The van der Waals surface area contributed by atoms with Crippen LogP contribution < -0.4 is 16.6 Å². The summed E-state index contributed by atoms with van der Waals surface area (Å²) in [4.78, 5) is 25.7. The minimum atomic E-state index is -0.425. The molecule has 20 heavy (non-hydrogen) atoms. The van der Waals surface area contributed by atoms with E-state index in [0.29, 0.717) is 18.6 Å². The molecule has 0 saturated heterocycles. The van der Waals surface area contributed by atoms with Crippen LogP contribution in [-0.2, 0) is 14.1 Å². The summed E-state index contributed by atoms with van der Waals surface area (Å²) < 4.78 is 2.21. The quantitative estimate of drug-likeness (QED) is 0.796. The lowest BCUT2D eigenvalue weighted by molar-refractivity contribution is 0.182. The van der Waals surface area contributed by atoms with Crippen molar-refractivity contribution in [1.82, 2.24) is 19.2 Å². The van der Waals surface area contributed by atoms with E-state index < -0.39 is 11.2 Å². The normalized spacial score (nSPS) is 11.7. The Kier molecular flexibility index (Phi) is 5.50. The number of aromatic nitrogens is 3. The number of nitrogens with zero attached hydrogens (tertiary/aromatic N) is 4. The molecule has 1 aromatic rings.